The Hall–Kier alpha value is -2.67. The second kappa shape index (κ2) is 9.43. The lowest BCUT2D eigenvalue weighted by molar-refractivity contribution is -0.134. The maximum Gasteiger partial charge on any atom is 0.256 e. The molecule has 30 heavy (non-hydrogen) atoms. The molecule has 164 valence electrons. The smallest absolute Gasteiger partial charge is 0.256 e. The van der Waals surface area contributed by atoms with Gasteiger partial charge in [0, 0.05) is 11.4 Å². The third kappa shape index (κ3) is 4.73. The molecule has 1 fully saturated rings. The molecule has 2 amide bonds. The highest BCUT2D eigenvalue weighted by atomic mass is 16.5. The first-order chi connectivity index (χ1) is 14.1. The number of rotatable bonds is 5. The Kier molecular flexibility index (Phi) is 7.42. The van der Waals surface area contributed by atoms with Crippen molar-refractivity contribution < 1.29 is 14.3 Å². The summed E-state index contributed by atoms with van der Waals surface area (Å²) < 4.78 is 6.06. The Morgan fingerprint density at radius 1 is 1.30 bits per heavy atom. The van der Waals surface area contributed by atoms with Crippen LogP contribution in [0.3, 0.4) is 0 Å². The minimum Gasteiger partial charge on any atom is -0.470 e. The van der Waals surface area contributed by atoms with Crippen molar-refractivity contribution in [2.45, 2.75) is 73.1 Å². The van der Waals surface area contributed by atoms with Gasteiger partial charge >= 0.3 is 0 Å². The first kappa shape index (κ1) is 23.6. The molecule has 2 heterocycles. The summed E-state index contributed by atoms with van der Waals surface area (Å²) in [6.45, 7) is 15.3. The second-order valence-corrected chi connectivity index (χ2v) is 8.01. The summed E-state index contributed by atoms with van der Waals surface area (Å²) in [6, 6.07) is 7.19. The first-order valence-electron chi connectivity index (χ1n) is 10.5. The Bertz CT molecular complexity index is 924. The average Bonchev–Trinajstić information content (AvgIpc) is 2.87. The highest BCUT2D eigenvalue weighted by molar-refractivity contribution is 6.09. The molecule has 7 nitrogen and oxygen atoms in total. The molecule has 1 atom stereocenters. The third-order valence-corrected chi connectivity index (χ3v) is 4.88. The Morgan fingerprint density at radius 2 is 1.93 bits per heavy atom. The second-order valence-electron chi connectivity index (χ2n) is 8.01. The van der Waals surface area contributed by atoms with Gasteiger partial charge in [0.1, 0.15) is 0 Å². The number of aromatic nitrogens is 1. The molecule has 1 aromatic carbocycles. The predicted molar refractivity (Wildman–Crippen MR) is 119 cm³/mol. The standard InChI is InChI=1S/C21H28N4O3.C2H6/c1-12(2)22-19(26)17-15-9-7-8-10-16(15)23-13(3)18(17)28-11-25-20(27)14(4)24-21(25,5)6;1-2/h7-10,12,14,24H,11H2,1-6H3,(H,22,26);1-2H3. The Morgan fingerprint density at radius 3 is 2.50 bits per heavy atom. The zero-order valence-electron chi connectivity index (χ0n) is 19.3. The molecule has 1 aliphatic rings. The molecule has 1 aromatic heterocycles. The lowest BCUT2D eigenvalue weighted by Gasteiger charge is -2.31. The van der Waals surface area contributed by atoms with Crippen LogP contribution in [0.1, 0.15) is 64.5 Å². The number of hydrogen-bond donors (Lipinski definition) is 2. The van der Waals surface area contributed by atoms with Crippen LogP contribution >= 0.6 is 0 Å². The summed E-state index contributed by atoms with van der Waals surface area (Å²) in [4.78, 5) is 31.7. The monoisotopic (exact) mass is 414 g/mol. The molecule has 1 aliphatic heterocycles. The van der Waals surface area contributed by atoms with E-state index in [1.54, 1.807) is 4.90 Å². The highest BCUT2D eigenvalue weighted by Gasteiger charge is 2.42. The van der Waals surface area contributed by atoms with E-state index in [2.05, 4.69) is 15.6 Å². The van der Waals surface area contributed by atoms with E-state index >= 15 is 0 Å². The molecule has 1 saturated heterocycles. The fourth-order valence-electron chi connectivity index (χ4n) is 3.59. The van der Waals surface area contributed by atoms with E-state index in [-0.39, 0.29) is 30.6 Å². The number of amides is 2. The van der Waals surface area contributed by atoms with Crippen LogP contribution in [-0.4, -0.2) is 46.2 Å². The quantitative estimate of drug-likeness (QED) is 0.781. The number of benzene rings is 1. The van der Waals surface area contributed by atoms with Crippen LogP contribution in [0.5, 0.6) is 5.75 Å². The maximum atomic E-state index is 13.0. The van der Waals surface area contributed by atoms with Crippen molar-refractivity contribution in [2.24, 2.45) is 0 Å². The molecular weight excluding hydrogens is 380 g/mol. The molecule has 0 aliphatic carbocycles. The number of nitrogens with one attached hydrogen (secondary N) is 2. The van der Waals surface area contributed by atoms with Gasteiger partial charge in [-0.1, -0.05) is 32.0 Å². The lowest BCUT2D eigenvalue weighted by Crippen LogP contribution is -2.48. The summed E-state index contributed by atoms with van der Waals surface area (Å²) in [6.07, 6.45) is 0. The summed E-state index contributed by atoms with van der Waals surface area (Å²) >= 11 is 0. The predicted octanol–water partition coefficient (Wildman–Crippen LogP) is 3.60. The van der Waals surface area contributed by atoms with Crippen LogP contribution < -0.4 is 15.4 Å². The number of fused-ring (bicyclic) bond motifs is 1. The molecular formula is C23H34N4O3. The van der Waals surface area contributed by atoms with E-state index in [4.69, 9.17) is 4.74 Å². The van der Waals surface area contributed by atoms with Crippen LogP contribution in [0.15, 0.2) is 24.3 Å². The van der Waals surface area contributed by atoms with Crippen molar-refractivity contribution in [3.8, 4) is 5.75 Å². The van der Waals surface area contributed by atoms with E-state index in [9.17, 15) is 9.59 Å². The van der Waals surface area contributed by atoms with Crippen molar-refractivity contribution in [3.05, 3.63) is 35.5 Å². The highest BCUT2D eigenvalue weighted by Crippen LogP contribution is 2.31. The van der Waals surface area contributed by atoms with Gasteiger partial charge in [-0.2, -0.15) is 0 Å². The molecule has 1 unspecified atom stereocenters. The minimum atomic E-state index is -0.533. The van der Waals surface area contributed by atoms with E-state index in [1.165, 1.54) is 0 Å². The molecule has 2 aromatic rings. The van der Waals surface area contributed by atoms with Crippen molar-refractivity contribution in [1.82, 2.24) is 20.5 Å². The fourth-order valence-corrected chi connectivity index (χ4v) is 3.59. The Labute approximate surface area is 179 Å². The summed E-state index contributed by atoms with van der Waals surface area (Å²) in [5.41, 5.74) is 1.25. The molecule has 0 saturated carbocycles. The molecule has 0 spiro atoms. The van der Waals surface area contributed by atoms with Gasteiger partial charge < -0.3 is 10.1 Å². The van der Waals surface area contributed by atoms with E-state index in [0.717, 1.165) is 10.9 Å². The van der Waals surface area contributed by atoms with Gasteiger partial charge in [-0.25, -0.2) is 4.98 Å². The van der Waals surface area contributed by atoms with Gasteiger partial charge in [-0.05, 0) is 47.6 Å². The van der Waals surface area contributed by atoms with Crippen LogP contribution in [-0.2, 0) is 4.79 Å². The number of carbonyl (C=O) groups excluding carboxylic acids is 2. The summed E-state index contributed by atoms with van der Waals surface area (Å²) in [5, 5.41) is 6.90. The van der Waals surface area contributed by atoms with Gasteiger partial charge in [0.05, 0.1) is 28.5 Å². The summed E-state index contributed by atoms with van der Waals surface area (Å²) in [5.74, 6) is 0.148. The van der Waals surface area contributed by atoms with Crippen molar-refractivity contribution in [1.29, 1.82) is 0 Å². The fraction of sp³-hybridized carbons (Fsp3) is 0.522. The van der Waals surface area contributed by atoms with E-state index < -0.39 is 5.66 Å². The van der Waals surface area contributed by atoms with Crippen molar-refractivity contribution in [3.63, 3.8) is 0 Å². The zero-order chi connectivity index (χ0) is 22.6. The molecule has 7 heteroatoms. The van der Waals surface area contributed by atoms with Gasteiger partial charge in [0.15, 0.2) is 12.5 Å². The molecule has 2 N–H and O–H groups in total. The minimum absolute atomic E-state index is 0.0169. The van der Waals surface area contributed by atoms with Crippen LogP contribution in [0, 0.1) is 6.92 Å². The SMILES string of the molecule is CC.Cc1nc2ccccc2c(C(=O)NC(C)C)c1OCN1C(=O)C(C)NC1(C)C. The maximum absolute atomic E-state index is 13.0. The zero-order valence-corrected chi connectivity index (χ0v) is 19.3. The largest absolute Gasteiger partial charge is 0.470 e. The van der Waals surface area contributed by atoms with Gasteiger partial charge in [0.25, 0.3) is 5.91 Å². The van der Waals surface area contributed by atoms with Gasteiger partial charge in [0.2, 0.25) is 5.91 Å². The number of aryl methyl sites for hydroxylation is 1. The number of hydrogen-bond acceptors (Lipinski definition) is 5. The van der Waals surface area contributed by atoms with E-state index in [0.29, 0.717) is 17.0 Å². The van der Waals surface area contributed by atoms with Crippen LogP contribution in [0.4, 0.5) is 0 Å². The lowest BCUT2D eigenvalue weighted by atomic mass is 10.1. The van der Waals surface area contributed by atoms with E-state index in [1.807, 2.05) is 79.7 Å². The van der Waals surface area contributed by atoms with Gasteiger partial charge in [-0.3, -0.25) is 19.8 Å². The summed E-state index contributed by atoms with van der Waals surface area (Å²) in [7, 11) is 0. The van der Waals surface area contributed by atoms with Crippen LogP contribution in [0.25, 0.3) is 10.9 Å². The average molecular weight is 415 g/mol. The third-order valence-electron chi connectivity index (χ3n) is 4.88. The normalized spacial score (nSPS) is 17.7. The topological polar surface area (TPSA) is 83.6 Å². The molecule has 0 bridgehead atoms. The first-order valence-corrected chi connectivity index (χ1v) is 10.5. The van der Waals surface area contributed by atoms with Gasteiger partial charge in [-0.15, -0.1) is 0 Å². The molecule has 3 rings (SSSR count). The number of pyridine rings is 1. The number of nitrogens with zero attached hydrogens (tertiary/aromatic N) is 2. The van der Waals surface area contributed by atoms with Crippen molar-refractivity contribution >= 4 is 22.7 Å². The van der Waals surface area contributed by atoms with Crippen molar-refractivity contribution in [2.75, 3.05) is 6.73 Å². The number of para-hydroxylation sites is 1. The number of carbonyl (C=O) groups is 2. The molecule has 0 radical (unpaired) electrons. The van der Waals surface area contributed by atoms with Crippen LogP contribution in [0.2, 0.25) is 0 Å². The number of ether oxygens (including phenoxy) is 1. The Balaban J connectivity index is 0.00000155.